The lowest BCUT2D eigenvalue weighted by Crippen LogP contribution is -1.96. The van der Waals surface area contributed by atoms with Crippen LogP contribution in [0, 0.1) is 0 Å². The Kier molecular flexibility index (Phi) is 4.20. The summed E-state index contributed by atoms with van der Waals surface area (Å²) in [5.74, 6) is 1.96. The molecule has 5 nitrogen and oxygen atoms in total. The van der Waals surface area contributed by atoms with Gasteiger partial charge in [-0.25, -0.2) is 4.98 Å². The van der Waals surface area contributed by atoms with Crippen molar-refractivity contribution in [2.75, 3.05) is 27.1 Å². The molecule has 0 atom stereocenters. The van der Waals surface area contributed by atoms with E-state index in [1.54, 1.807) is 33.6 Å². The lowest BCUT2D eigenvalue weighted by Gasteiger charge is -2.14. The van der Waals surface area contributed by atoms with Crippen LogP contribution in [0.15, 0.2) is 24.4 Å². The molecule has 1 aromatic carbocycles. The van der Waals surface area contributed by atoms with Crippen molar-refractivity contribution >= 4 is 17.4 Å². The predicted molar refractivity (Wildman–Crippen MR) is 78.8 cm³/mol. The van der Waals surface area contributed by atoms with Crippen LogP contribution < -0.4 is 19.9 Å². The highest BCUT2D eigenvalue weighted by Gasteiger charge is 2.14. The van der Waals surface area contributed by atoms with Crippen molar-refractivity contribution in [1.82, 2.24) is 4.98 Å². The zero-order valence-corrected chi connectivity index (χ0v) is 12.2. The van der Waals surface area contributed by atoms with Crippen LogP contribution in [0.4, 0.5) is 5.82 Å². The number of halogens is 1. The molecule has 6 heteroatoms. The van der Waals surface area contributed by atoms with E-state index in [-0.39, 0.29) is 0 Å². The summed E-state index contributed by atoms with van der Waals surface area (Å²) in [6.45, 7) is 0. The highest BCUT2D eigenvalue weighted by Crippen LogP contribution is 2.41. The van der Waals surface area contributed by atoms with E-state index >= 15 is 0 Å². The zero-order chi connectivity index (χ0) is 14.7. The molecule has 0 amide bonds. The lowest BCUT2D eigenvalue weighted by molar-refractivity contribution is 0.324. The van der Waals surface area contributed by atoms with Gasteiger partial charge in [-0.2, -0.15) is 0 Å². The first-order valence-corrected chi connectivity index (χ1v) is 6.20. The molecule has 0 saturated heterocycles. The predicted octanol–water partition coefficient (Wildman–Crippen LogP) is 3.01. The van der Waals surface area contributed by atoms with Crippen LogP contribution >= 0.6 is 11.6 Å². The Morgan fingerprint density at radius 1 is 0.950 bits per heavy atom. The summed E-state index contributed by atoms with van der Waals surface area (Å²) in [6, 6.07) is 5.39. The Balaban J connectivity index is 2.59. The molecule has 20 heavy (non-hydrogen) atoms. The van der Waals surface area contributed by atoms with Gasteiger partial charge < -0.3 is 19.9 Å². The number of hydrogen-bond donors (Lipinski definition) is 1. The normalized spacial score (nSPS) is 10.2. The molecule has 2 N–H and O–H groups in total. The van der Waals surface area contributed by atoms with E-state index in [0.717, 1.165) is 11.1 Å². The molecular weight excluding hydrogens is 280 g/mol. The van der Waals surface area contributed by atoms with Crippen molar-refractivity contribution in [2.24, 2.45) is 0 Å². The Hall–Kier alpha value is -2.14. The van der Waals surface area contributed by atoms with Crippen LogP contribution in [0.1, 0.15) is 0 Å². The molecule has 0 bridgehead atoms. The van der Waals surface area contributed by atoms with Crippen molar-refractivity contribution in [3.05, 3.63) is 29.4 Å². The number of aromatic nitrogens is 1. The van der Waals surface area contributed by atoms with E-state index in [4.69, 9.17) is 31.5 Å². The summed E-state index contributed by atoms with van der Waals surface area (Å²) in [4.78, 5) is 4.04. The summed E-state index contributed by atoms with van der Waals surface area (Å²) in [5.41, 5.74) is 7.26. The maximum atomic E-state index is 5.99. The van der Waals surface area contributed by atoms with Gasteiger partial charge in [-0.05, 0) is 23.8 Å². The van der Waals surface area contributed by atoms with Crippen molar-refractivity contribution < 1.29 is 14.2 Å². The Morgan fingerprint density at radius 3 is 2.00 bits per heavy atom. The summed E-state index contributed by atoms with van der Waals surface area (Å²) >= 11 is 5.99. The SMILES string of the molecule is COc1cc(-c2cnc(N)c(Cl)c2)cc(OC)c1OC. The third-order valence-corrected chi connectivity index (χ3v) is 3.17. The number of rotatable bonds is 4. The molecule has 106 valence electrons. The first kappa shape index (κ1) is 14.3. The topological polar surface area (TPSA) is 66.6 Å². The summed E-state index contributed by atoms with van der Waals surface area (Å²) in [7, 11) is 4.69. The largest absolute Gasteiger partial charge is 0.493 e. The van der Waals surface area contributed by atoms with Crippen molar-refractivity contribution in [2.45, 2.75) is 0 Å². The van der Waals surface area contributed by atoms with E-state index in [0.29, 0.717) is 28.1 Å². The quantitative estimate of drug-likeness (QED) is 0.939. The van der Waals surface area contributed by atoms with Gasteiger partial charge in [-0.3, -0.25) is 0 Å². The van der Waals surface area contributed by atoms with Crippen LogP contribution in [0.2, 0.25) is 5.02 Å². The standard InChI is InChI=1S/C14H15ClN2O3/c1-18-11-5-8(6-12(19-2)13(11)20-3)9-4-10(15)14(16)17-7-9/h4-7H,1-3H3,(H2,16,17). The van der Waals surface area contributed by atoms with E-state index in [1.807, 2.05) is 12.1 Å². The van der Waals surface area contributed by atoms with Gasteiger partial charge in [0, 0.05) is 11.8 Å². The molecule has 2 rings (SSSR count). The Bertz CT molecular complexity index is 607. The van der Waals surface area contributed by atoms with E-state index < -0.39 is 0 Å². The molecule has 0 radical (unpaired) electrons. The number of nitrogens with two attached hydrogens (primary N) is 1. The Morgan fingerprint density at radius 2 is 1.55 bits per heavy atom. The molecule has 0 fully saturated rings. The minimum Gasteiger partial charge on any atom is -0.493 e. The van der Waals surface area contributed by atoms with Crippen molar-refractivity contribution in [3.63, 3.8) is 0 Å². The zero-order valence-electron chi connectivity index (χ0n) is 11.4. The highest BCUT2D eigenvalue weighted by molar-refractivity contribution is 6.33. The number of hydrogen-bond acceptors (Lipinski definition) is 5. The third-order valence-electron chi connectivity index (χ3n) is 2.87. The maximum absolute atomic E-state index is 5.99. The summed E-state index contributed by atoms with van der Waals surface area (Å²) in [6.07, 6.45) is 1.64. The van der Waals surface area contributed by atoms with Crippen LogP contribution in [0.3, 0.4) is 0 Å². The van der Waals surface area contributed by atoms with Crippen molar-refractivity contribution in [1.29, 1.82) is 0 Å². The van der Waals surface area contributed by atoms with E-state index in [2.05, 4.69) is 4.98 Å². The van der Waals surface area contributed by atoms with Gasteiger partial charge in [-0.15, -0.1) is 0 Å². The molecule has 1 aromatic heterocycles. The number of benzene rings is 1. The number of pyridine rings is 1. The number of anilines is 1. The highest BCUT2D eigenvalue weighted by atomic mass is 35.5. The van der Waals surface area contributed by atoms with Gasteiger partial charge in [0.25, 0.3) is 0 Å². The van der Waals surface area contributed by atoms with Crippen molar-refractivity contribution in [3.8, 4) is 28.4 Å². The monoisotopic (exact) mass is 294 g/mol. The van der Waals surface area contributed by atoms with Crippen LogP contribution in [-0.2, 0) is 0 Å². The Labute approximate surface area is 122 Å². The minimum absolute atomic E-state index is 0.294. The fourth-order valence-electron chi connectivity index (χ4n) is 1.85. The lowest BCUT2D eigenvalue weighted by atomic mass is 10.1. The van der Waals surface area contributed by atoms with E-state index in [9.17, 15) is 0 Å². The van der Waals surface area contributed by atoms with E-state index in [1.165, 1.54) is 0 Å². The number of nitrogen functional groups attached to an aromatic ring is 1. The van der Waals surface area contributed by atoms with Crippen LogP contribution in [0.5, 0.6) is 17.2 Å². The second-order valence-electron chi connectivity index (χ2n) is 4.01. The molecule has 0 spiro atoms. The third kappa shape index (κ3) is 2.58. The first-order chi connectivity index (χ1) is 9.60. The van der Waals surface area contributed by atoms with Gasteiger partial charge in [-0.1, -0.05) is 11.6 Å². The smallest absolute Gasteiger partial charge is 0.203 e. The van der Waals surface area contributed by atoms with Gasteiger partial charge in [0.05, 0.1) is 26.4 Å². The van der Waals surface area contributed by atoms with Gasteiger partial charge in [0.15, 0.2) is 11.5 Å². The average Bonchev–Trinajstić information content (AvgIpc) is 2.48. The van der Waals surface area contributed by atoms with Gasteiger partial charge in [0.2, 0.25) is 5.75 Å². The van der Waals surface area contributed by atoms with Gasteiger partial charge in [0.1, 0.15) is 5.82 Å². The number of nitrogens with zero attached hydrogens (tertiary/aromatic N) is 1. The second-order valence-corrected chi connectivity index (χ2v) is 4.41. The molecule has 0 aliphatic carbocycles. The number of methoxy groups -OCH3 is 3. The second kappa shape index (κ2) is 5.88. The number of ether oxygens (including phenoxy) is 3. The molecule has 0 aliphatic heterocycles. The maximum Gasteiger partial charge on any atom is 0.203 e. The fraction of sp³-hybridized carbons (Fsp3) is 0.214. The summed E-state index contributed by atoms with van der Waals surface area (Å²) < 4.78 is 15.9. The molecule has 0 unspecified atom stereocenters. The van der Waals surface area contributed by atoms with Gasteiger partial charge >= 0.3 is 0 Å². The van der Waals surface area contributed by atoms with Crippen LogP contribution in [0.25, 0.3) is 11.1 Å². The molecule has 0 aliphatic rings. The van der Waals surface area contributed by atoms with Crippen LogP contribution in [-0.4, -0.2) is 26.3 Å². The average molecular weight is 295 g/mol. The molecule has 2 aromatic rings. The fourth-order valence-corrected chi connectivity index (χ4v) is 2.02. The molecule has 0 saturated carbocycles. The molecule has 1 heterocycles. The first-order valence-electron chi connectivity index (χ1n) is 5.82. The minimum atomic E-state index is 0.294. The molecular formula is C14H15ClN2O3. The summed E-state index contributed by atoms with van der Waals surface area (Å²) in [5, 5.41) is 0.399.